The second kappa shape index (κ2) is 6.16. The van der Waals surface area contributed by atoms with Gasteiger partial charge in [-0.15, -0.1) is 0 Å². The molecule has 1 aromatic rings. The van der Waals surface area contributed by atoms with Crippen LogP contribution in [0.2, 0.25) is 0 Å². The van der Waals surface area contributed by atoms with Crippen molar-refractivity contribution in [2.24, 2.45) is 5.92 Å². The third-order valence-electron chi connectivity index (χ3n) is 2.35. The van der Waals surface area contributed by atoms with Crippen LogP contribution in [0.1, 0.15) is 20.8 Å². The quantitative estimate of drug-likeness (QED) is 0.850. The Morgan fingerprint density at radius 1 is 1.41 bits per heavy atom. The van der Waals surface area contributed by atoms with Gasteiger partial charge < -0.3 is 5.32 Å². The van der Waals surface area contributed by atoms with Gasteiger partial charge in [0, 0.05) is 18.8 Å². The summed E-state index contributed by atoms with van der Waals surface area (Å²) in [7, 11) is 0. The Morgan fingerprint density at radius 2 is 2.06 bits per heavy atom. The van der Waals surface area contributed by atoms with Crippen molar-refractivity contribution >= 4 is 15.9 Å². The molecule has 0 spiro atoms. The molecule has 0 aromatic carbocycles. The predicted molar refractivity (Wildman–Crippen MR) is 71.3 cm³/mol. The van der Waals surface area contributed by atoms with Crippen molar-refractivity contribution in [3.8, 4) is 0 Å². The number of hydrogen-bond donors (Lipinski definition) is 2. The van der Waals surface area contributed by atoms with Crippen LogP contribution in [-0.2, 0) is 6.54 Å². The molecule has 1 atom stereocenters. The van der Waals surface area contributed by atoms with E-state index in [9.17, 15) is 9.59 Å². The molecule has 5 nitrogen and oxygen atoms in total. The fraction of sp³-hybridized carbons (Fsp3) is 0.636. The summed E-state index contributed by atoms with van der Waals surface area (Å²) in [6, 6.07) is 0.427. The van der Waals surface area contributed by atoms with Crippen LogP contribution >= 0.6 is 15.9 Å². The van der Waals surface area contributed by atoms with Crippen LogP contribution in [0.3, 0.4) is 0 Å². The summed E-state index contributed by atoms with van der Waals surface area (Å²) in [5, 5.41) is 3.31. The first-order valence-electron chi connectivity index (χ1n) is 5.62. The molecule has 0 aliphatic rings. The van der Waals surface area contributed by atoms with Gasteiger partial charge in [-0.25, -0.2) is 4.79 Å². The lowest BCUT2D eigenvalue weighted by molar-refractivity contribution is 0.416. The Balaban J connectivity index is 2.72. The maximum absolute atomic E-state index is 11.5. The van der Waals surface area contributed by atoms with Crippen LogP contribution in [0.5, 0.6) is 0 Å². The zero-order chi connectivity index (χ0) is 13.0. The summed E-state index contributed by atoms with van der Waals surface area (Å²) >= 11 is 3.11. The monoisotopic (exact) mass is 303 g/mol. The average Bonchev–Trinajstić information content (AvgIpc) is 2.23. The highest BCUT2D eigenvalue weighted by Gasteiger charge is 2.07. The minimum atomic E-state index is -0.390. The van der Waals surface area contributed by atoms with Crippen molar-refractivity contribution in [3.05, 3.63) is 31.5 Å². The van der Waals surface area contributed by atoms with E-state index in [0.717, 1.165) is 6.54 Å². The largest absolute Gasteiger partial charge is 0.328 e. The zero-order valence-corrected chi connectivity index (χ0v) is 11.9. The minimum absolute atomic E-state index is 0.313. The van der Waals surface area contributed by atoms with E-state index in [1.807, 2.05) is 0 Å². The normalized spacial score (nSPS) is 13.0. The molecule has 0 amide bonds. The summed E-state index contributed by atoms with van der Waals surface area (Å²) in [5.74, 6) is 0.313. The Bertz CT molecular complexity index is 478. The van der Waals surface area contributed by atoms with E-state index in [1.54, 1.807) is 0 Å². The molecule has 0 aliphatic heterocycles. The van der Waals surface area contributed by atoms with Crippen LogP contribution in [-0.4, -0.2) is 22.1 Å². The fourth-order valence-corrected chi connectivity index (χ4v) is 1.80. The molecule has 1 rings (SSSR count). The van der Waals surface area contributed by atoms with Crippen LogP contribution < -0.4 is 16.6 Å². The highest BCUT2D eigenvalue weighted by Crippen LogP contribution is 2.01. The van der Waals surface area contributed by atoms with Gasteiger partial charge in [-0.05, 0) is 28.4 Å². The average molecular weight is 304 g/mol. The van der Waals surface area contributed by atoms with E-state index < -0.39 is 0 Å². The van der Waals surface area contributed by atoms with Gasteiger partial charge in [0.15, 0.2) is 0 Å². The molecule has 1 aromatic heterocycles. The molecule has 0 aliphatic carbocycles. The molecule has 0 bridgehead atoms. The molecule has 2 N–H and O–H groups in total. The summed E-state index contributed by atoms with van der Waals surface area (Å²) in [5.41, 5.74) is -0.756. The number of aromatic nitrogens is 2. The summed E-state index contributed by atoms with van der Waals surface area (Å²) in [6.07, 6.45) is 1.53. The molecule has 1 unspecified atom stereocenters. The van der Waals surface area contributed by atoms with Crippen LogP contribution in [0.25, 0.3) is 0 Å². The number of nitrogens with one attached hydrogen (secondary N) is 2. The smallest absolute Gasteiger partial charge is 0.314 e. The Hall–Kier alpha value is -0.880. The molecule has 17 heavy (non-hydrogen) atoms. The number of H-pyrrole nitrogens is 1. The standard InChI is InChI=1S/C11H18BrN3O2/c1-7(2)13-4-8(3)5-15-6-9(12)10(16)14-11(15)17/h6-8,13H,4-5H2,1-3H3,(H,14,16,17). The molecule has 0 saturated carbocycles. The van der Waals surface area contributed by atoms with Crippen molar-refractivity contribution in [1.29, 1.82) is 0 Å². The number of halogens is 1. The second-order valence-corrected chi connectivity index (χ2v) is 5.41. The number of nitrogens with zero attached hydrogens (tertiary/aromatic N) is 1. The molecule has 0 radical (unpaired) electrons. The fourth-order valence-electron chi connectivity index (χ4n) is 1.46. The molecule has 0 saturated heterocycles. The van der Waals surface area contributed by atoms with E-state index in [1.165, 1.54) is 10.8 Å². The van der Waals surface area contributed by atoms with Gasteiger partial charge in [0.05, 0.1) is 4.47 Å². The van der Waals surface area contributed by atoms with Gasteiger partial charge in [-0.3, -0.25) is 14.3 Å². The van der Waals surface area contributed by atoms with Crippen LogP contribution in [0, 0.1) is 5.92 Å². The van der Waals surface area contributed by atoms with Crippen molar-refractivity contribution < 1.29 is 0 Å². The van der Waals surface area contributed by atoms with Gasteiger partial charge in [-0.1, -0.05) is 20.8 Å². The topological polar surface area (TPSA) is 66.9 Å². The zero-order valence-electron chi connectivity index (χ0n) is 10.3. The van der Waals surface area contributed by atoms with E-state index in [0.29, 0.717) is 23.0 Å². The van der Waals surface area contributed by atoms with Crippen LogP contribution in [0.4, 0.5) is 0 Å². The van der Waals surface area contributed by atoms with Gasteiger partial charge in [0.1, 0.15) is 0 Å². The highest BCUT2D eigenvalue weighted by atomic mass is 79.9. The summed E-state index contributed by atoms with van der Waals surface area (Å²) < 4.78 is 1.89. The number of hydrogen-bond acceptors (Lipinski definition) is 3. The molecule has 1 heterocycles. The van der Waals surface area contributed by atoms with Crippen molar-refractivity contribution in [3.63, 3.8) is 0 Å². The minimum Gasteiger partial charge on any atom is -0.314 e. The van der Waals surface area contributed by atoms with Crippen LogP contribution in [0.15, 0.2) is 20.3 Å². The highest BCUT2D eigenvalue weighted by molar-refractivity contribution is 9.10. The summed E-state index contributed by atoms with van der Waals surface area (Å²) in [4.78, 5) is 25.0. The molecular formula is C11H18BrN3O2. The first kappa shape index (κ1) is 14.2. The first-order chi connectivity index (χ1) is 7.90. The predicted octanol–water partition coefficient (Wildman–Crippen LogP) is 0.933. The van der Waals surface area contributed by atoms with Gasteiger partial charge in [-0.2, -0.15) is 0 Å². The third kappa shape index (κ3) is 4.47. The van der Waals surface area contributed by atoms with Crippen molar-refractivity contribution in [2.75, 3.05) is 6.54 Å². The van der Waals surface area contributed by atoms with Crippen molar-refractivity contribution in [2.45, 2.75) is 33.4 Å². The molecular weight excluding hydrogens is 286 g/mol. The van der Waals surface area contributed by atoms with E-state index in [-0.39, 0.29) is 11.2 Å². The lowest BCUT2D eigenvalue weighted by Gasteiger charge is -2.15. The summed E-state index contributed by atoms with van der Waals surface area (Å²) in [6.45, 7) is 7.63. The van der Waals surface area contributed by atoms with E-state index >= 15 is 0 Å². The Labute approximate surface area is 108 Å². The van der Waals surface area contributed by atoms with Gasteiger partial charge >= 0.3 is 5.69 Å². The van der Waals surface area contributed by atoms with E-state index in [4.69, 9.17) is 0 Å². The van der Waals surface area contributed by atoms with Crippen molar-refractivity contribution in [1.82, 2.24) is 14.9 Å². The maximum atomic E-state index is 11.5. The van der Waals surface area contributed by atoms with E-state index in [2.05, 4.69) is 47.0 Å². The van der Waals surface area contributed by atoms with Gasteiger partial charge in [0.2, 0.25) is 0 Å². The third-order valence-corrected chi connectivity index (χ3v) is 2.92. The maximum Gasteiger partial charge on any atom is 0.328 e. The SMILES string of the molecule is CC(CNC(C)C)Cn1cc(Br)c(=O)[nH]c1=O. The Kier molecular flexibility index (Phi) is 5.14. The number of aromatic amines is 1. The lowest BCUT2D eigenvalue weighted by Crippen LogP contribution is -2.35. The molecule has 6 heteroatoms. The second-order valence-electron chi connectivity index (χ2n) is 4.56. The van der Waals surface area contributed by atoms with Gasteiger partial charge in [0.25, 0.3) is 5.56 Å². The molecule has 0 fully saturated rings. The first-order valence-corrected chi connectivity index (χ1v) is 6.42. The lowest BCUT2D eigenvalue weighted by atomic mass is 10.1. The Morgan fingerprint density at radius 3 is 2.65 bits per heavy atom. The molecule has 96 valence electrons. The number of rotatable bonds is 5.